The van der Waals surface area contributed by atoms with Gasteiger partial charge in [-0.15, -0.1) is 11.3 Å². The lowest BCUT2D eigenvalue weighted by Gasteiger charge is -2.26. The average Bonchev–Trinajstić information content (AvgIpc) is 3.26. The Labute approximate surface area is 182 Å². The summed E-state index contributed by atoms with van der Waals surface area (Å²) in [6.07, 6.45) is 1.84. The predicted octanol–water partition coefficient (Wildman–Crippen LogP) is 3.06. The zero-order chi connectivity index (χ0) is 20.4. The van der Waals surface area contributed by atoms with E-state index in [-0.39, 0.29) is 24.3 Å². The number of imide groups is 1. The Morgan fingerprint density at radius 1 is 1.14 bits per heavy atom. The molecule has 2 aliphatic rings. The Kier molecular flexibility index (Phi) is 6.12. The van der Waals surface area contributed by atoms with Crippen LogP contribution in [0.15, 0.2) is 34.1 Å². The van der Waals surface area contributed by atoms with Crippen molar-refractivity contribution in [2.45, 2.75) is 25.8 Å². The van der Waals surface area contributed by atoms with Crippen LogP contribution in [0.5, 0.6) is 0 Å². The number of hydrogen-bond acceptors (Lipinski definition) is 5. The van der Waals surface area contributed by atoms with Gasteiger partial charge < -0.3 is 5.32 Å². The Balaban J connectivity index is 1.17. The monoisotopic (exact) mass is 475 g/mol. The third-order valence-corrected chi connectivity index (χ3v) is 6.87. The second kappa shape index (κ2) is 8.77. The van der Waals surface area contributed by atoms with Crippen molar-refractivity contribution in [1.29, 1.82) is 0 Å². The number of fused-ring (bicyclic) bond motifs is 2. The van der Waals surface area contributed by atoms with Crippen LogP contribution in [-0.2, 0) is 17.8 Å². The molecule has 0 saturated heterocycles. The summed E-state index contributed by atoms with van der Waals surface area (Å²) in [6.45, 7) is 3.67. The van der Waals surface area contributed by atoms with Gasteiger partial charge in [-0.2, -0.15) is 0 Å². The molecule has 0 radical (unpaired) electrons. The smallest absolute Gasteiger partial charge is 0.261 e. The maximum absolute atomic E-state index is 12.4. The maximum atomic E-state index is 12.4. The van der Waals surface area contributed by atoms with Crippen LogP contribution in [0.3, 0.4) is 0 Å². The van der Waals surface area contributed by atoms with Crippen molar-refractivity contribution in [1.82, 2.24) is 15.1 Å². The molecular formula is C21H22BrN3O3S. The van der Waals surface area contributed by atoms with Crippen molar-refractivity contribution in [2.24, 2.45) is 0 Å². The van der Waals surface area contributed by atoms with Crippen molar-refractivity contribution in [3.63, 3.8) is 0 Å². The molecule has 3 amide bonds. The molecule has 0 unspecified atom stereocenters. The number of benzene rings is 1. The summed E-state index contributed by atoms with van der Waals surface area (Å²) >= 11 is 5.15. The molecule has 0 atom stereocenters. The van der Waals surface area contributed by atoms with E-state index in [0.29, 0.717) is 30.5 Å². The predicted molar refractivity (Wildman–Crippen MR) is 115 cm³/mol. The van der Waals surface area contributed by atoms with Gasteiger partial charge in [-0.1, -0.05) is 15.9 Å². The molecule has 0 spiro atoms. The minimum absolute atomic E-state index is 0.0439. The molecule has 1 aromatic carbocycles. The van der Waals surface area contributed by atoms with E-state index in [1.54, 1.807) is 18.2 Å². The van der Waals surface area contributed by atoms with Gasteiger partial charge in [0.25, 0.3) is 11.8 Å². The minimum Gasteiger partial charge on any atom is -0.355 e. The van der Waals surface area contributed by atoms with Crippen LogP contribution in [-0.4, -0.2) is 53.7 Å². The number of rotatable bonds is 7. The van der Waals surface area contributed by atoms with Gasteiger partial charge in [0.05, 0.1) is 11.1 Å². The molecule has 0 bridgehead atoms. The standard InChI is InChI=1S/C21H22BrN3O3S/c22-15-3-4-16-17(12-15)21(28)25(20(16)27)8-1-2-19(26)23-7-10-24-9-5-18-14(13-24)6-11-29-18/h3-4,6,11-12H,1-2,5,7-10,13H2,(H,23,26). The lowest BCUT2D eigenvalue weighted by atomic mass is 10.1. The van der Waals surface area contributed by atoms with Crippen molar-refractivity contribution in [2.75, 3.05) is 26.2 Å². The second-order valence-corrected chi connectivity index (χ2v) is 9.22. The lowest BCUT2D eigenvalue weighted by molar-refractivity contribution is -0.121. The molecule has 1 aromatic heterocycles. The van der Waals surface area contributed by atoms with E-state index >= 15 is 0 Å². The average molecular weight is 476 g/mol. The van der Waals surface area contributed by atoms with Crippen LogP contribution in [0.4, 0.5) is 0 Å². The molecule has 6 nitrogen and oxygen atoms in total. The van der Waals surface area contributed by atoms with Crippen LogP contribution < -0.4 is 5.32 Å². The van der Waals surface area contributed by atoms with E-state index in [1.165, 1.54) is 15.3 Å². The van der Waals surface area contributed by atoms with Gasteiger partial charge in [-0.3, -0.25) is 24.2 Å². The van der Waals surface area contributed by atoms with E-state index in [0.717, 1.165) is 30.5 Å². The first-order chi connectivity index (χ1) is 14.0. The molecule has 152 valence electrons. The SMILES string of the molecule is O=C(CCCN1C(=O)c2ccc(Br)cc2C1=O)NCCN1CCc2sccc2C1. The third-order valence-electron chi connectivity index (χ3n) is 5.36. The van der Waals surface area contributed by atoms with E-state index in [2.05, 4.69) is 37.6 Å². The summed E-state index contributed by atoms with van der Waals surface area (Å²) in [5.41, 5.74) is 2.25. The summed E-state index contributed by atoms with van der Waals surface area (Å²) in [7, 11) is 0. The number of thiophene rings is 1. The number of carbonyl (C=O) groups excluding carboxylic acids is 3. The number of carbonyl (C=O) groups is 3. The molecule has 0 fully saturated rings. The van der Waals surface area contributed by atoms with Crippen LogP contribution in [0.1, 0.15) is 44.0 Å². The second-order valence-electron chi connectivity index (χ2n) is 7.30. The van der Waals surface area contributed by atoms with Crippen LogP contribution in [0, 0.1) is 0 Å². The Morgan fingerprint density at radius 2 is 1.97 bits per heavy atom. The van der Waals surface area contributed by atoms with Gasteiger partial charge in [-0.05, 0) is 48.1 Å². The largest absolute Gasteiger partial charge is 0.355 e. The summed E-state index contributed by atoms with van der Waals surface area (Å²) < 4.78 is 0.766. The molecular weight excluding hydrogens is 454 g/mol. The number of halogens is 1. The van der Waals surface area contributed by atoms with E-state index in [1.807, 2.05) is 11.3 Å². The first kappa shape index (κ1) is 20.3. The summed E-state index contributed by atoms with van der Waals surface area (Å²) in [6, 6.07) is 7.26. The molecule has 3 heterocycles. The summed E-state index contributed by atoms with van der Waals surface area (Å²) in [5.74, 6) is -0.613. The highest BCUT2D eigenvalue weighted by atomic mass is 79.9. The molecule has 8 heteroatoms. The lowest BCUT2D eigenvalue weighted by Crippen LogP contribution is -2.37. The molecule has 2 aromatic rings. The van der Waals surface area contributed by atoms with Crippen molar-refractivity contribution >= 4 is 45.0 Å². The summed E-state index contributed by atoms with van der Waals surface area (Å²) in [5, 5.41) is 5.09. The highest BCUT2D eigenvalue weighted by molar-refractivity contribution is 9.10. The van der Waals surface area contributed by atoms with Crippen LogP contribution >= 0.6 is 27.3 Å². The van der Waals surface area contributed by atoms with Gasteiger partial charge in [0.2, 0.25) is 5.91 Å². The minimum atomic E-state index is -0.287. The zero-order valence-corrected chi connectivity index (χ0v) is 18.4. The van der Waals surface area contributed by atoms with Gasteiger partial charge in [-0.25, -0.2) is 0 Å². The molecule has 29 heavy (non-hydrogen) atoms. The maximum Gasteiger partial charge on any atom is 0.261 e. The topological polar surface area (TPSA) is 69.7 Å². The van der Waals surface area contributed by atoms with E-state index < -0.39 is 0 Å². The van der Waals surface area contributed by atoms with Crippen molar-refractivity contribution < 1.29 is 14.4 Å². The third kappa shape index (κ3) is 4.44. The van der Waals surface area contributed by atoms with Gasteiger partial charge in [0, 0.05) is 48.5 Å². The number of amides is 3. The Morgan fingerprint density at radius 3 is 2.83 bits per heavy atom. The van der Waals surface area contributed by atoms with Crippen LogP contribution in [0.2, 0.25) is 0 Å². The van der Waals surface area contributed by atoms with Crippen molar-refractivity contribution in [3.05, 3.63) is 55.7 Å². The molecule has 4 rings (SSSR count). The van der Waals surface area contributed by atoms with Gasteiger partial charge in [0.15, 0.2) is 0 Å². The number of hydrogen-bond donors (Lipinski definition) is 1. The zero-order valence-electron chi connectivity index (χ0n) is 15.9. The fraction of sp³-hybridized carbons (Fsp3) is 0.381. The normalized spacial score (nSPS) is 16.1. The Bertz CT molecular complexity index is 958. The molecule has 2 aliphatic heterocycles. The first-order valence-corrected chi connectivity index (χ1v) is 11.4. The molecule has 1 N–H and O–H groups in total. The molecule has 0 saturated carbocycles. The fourth-order valence-corrected chi connectivity index (χ4v) is 5.05. The first-order valence-electron chi connectivity index (χ1n) is 9.73. The molecule has 0 aliphatic carbocycles. The van der Waals surface area contributed by atoms with Crippen LogP contribution in [0.25, 0.3) is 0 Å². The number of nitrogens with zero attached hydrogens (tertiary/aromatic N) is 2. The quantitative estimate of drug-likeness (QED) is 0.624. The fourth-order valence-electron chi connectivity index (χ4n) is 3.80. The van der Waals surface area contributed by atoms with Crippen molar-refractivity contribution in [3.8, 4) is 0 Å². The highest BCUT2D eigenvalue weighted by Gasteiger charge is 2.35. The highest BCUT2D eigenvalue weighted by Crippen LogP contribution is 2.26. The van der Waals surface area contributed by atoms with E-state index in [9.17, 15) is 14.4 Å². The Hall–Kier alpha value is -2.03. The van der Waals surface area contributed by atoms with Gasteiger partial charge >= 0.3 is 0 Å². The van der Waals surface area contributed by atoms with E-state index in [4.69, 9.17) is 0 Å². The number of nitrogens with one attached hydrogen (secondary N) is 1. The summed E-state index contributed by atoms with van der Waals surface area (Å²) in [4.78, 5) is 42.0. The van der Waals surface area contributed by atoms with Gasteiger partial charge in [0.1, 0.15) is 0 Å².